The number of rotatable bonds is 3. The van der Waals surface area contributed by atoms with Crippen molar-refractivity contribution in [2.45, 2.75) is 18.7 Å². The van der Waals surface area contributed by atoms with Crippen LogP contribution in [-0.4, -0.2) is 34.6 Å². The SMILES string of the molecule is C1=NCCO1.CCOS(=O)(=O)c1ccc(C)cc1. The molecule has 6 heteroatoms. The molecule has 1 aromatic rings. The minimum Gasteiger partial charge on any atom is -0.482 e. The van der Waals surface area contributed by atoms with Crippen molar-refractivity contribution in [2.24, 2.45) is 4.99 Å². The standard InChI is InChI=1S/C9H12O3S.C3H5NO/c1-3-12-13(10,11)9-6-4-8(2)5-7-9;1-2-5-3-4-1/h4-7H,3H2,1-2H3;3H,1-2H2. The van der Waals surface area contributed by atoms with Gasteiger partial charge in [0.1, 0.15) is 6.61 Å². The number of hydrogen-bond acceptors (Lipinski definition) is 5. The summed E-state index contributed by atoms with van der Waals surface area (Å²) in [4.78, 5) is 3.94. The Labute approximate surface area is 108 Å². The Hall–Kier alpha value is -1.40. The Morgan fingerprint density at radius 1 is 1.33 bits per heavy atom. The van der Waals surface area contributed by atoms with Gasteiger partial charge in [-0.15, -0.1) is 0 Å². The molecule has 1 aliphatic rings. The van der Waals surface area contributed by atoms with Crippen molar-refractivity contribution in [1.82, 2.24) is 0 Å². The van der Waals surface area contributed by atoms with E-state index in [4.69, 9.17) is 0 Å². The van der Waals surface area contributed by atoms with Crippen LogP contribution in [0, 0.1) is 6.92 Å². The van der Waals surface area contributed by atoms with Crippen LogP contribution in [0.25, 0.3) is 0 Å². The molecule has 0 aliphatic carbocycles. The molecule has 0 radical (unpaired) electrons. The molecular formula is C12H17NO4S. The molecule has 0 spiro atoms. The van der Waals surface area contributed by atoms with Crippen molar-refractivity contribution >= 4 is 16.5 Å². The molecule has 0 saturated heterocycles. The van der Waals surface area contributed by atoms with Crippen molar-refractivity contribution < 1.29 is 17.3 Å². The second-order valence-electron chi connectivity index (χ2n) is 3.56. The first-order chi connectivity index (χ1) is 8.56. The van der Waals surface area contributed by atoms with E-state index in [-0.39, 0.29) is 11.5 Å². The minimum absolute atomic E-state index is 0.163. The summed E-state index contributed by atoms with van der Waals surface area (Å²) >= 11 is 0. The molecule has 2 rings (SSSR count). The van der Waals surface area contributed by atoms with Crippen LogP contribution in [0.15, 0.2) is 34.2 Å². The quantitative estimate of drug-likeness (QED) is 0.786. The second-order valence-corrected chi connectivity index (χ2v) is 5.17. The average molecular weight is 271 g/mol. The van der Waals surface area contributed by atoms with Gasteiger partial charge in [0.25, 0.3) is 10.1 Å². The highest BCUT2D eigenvalue weighted by atomic mass is 32.2. The number of hydrogen-bond donors (Lipinski definition) is 0. The molecule has 0 bridgehead atoms. The molecular weight excluding hydrogens is 254 g/mol. The molecule has 0 fully saturated rings. The molecule has 1 heterocycles. The first-order valence-corrected chi connectivity index (χ1v) is 7.03. The fourth-order valence-electron chi connectivity index (χ4n) is 1.19. The van der Waals surface area contributed by atoms with E-state index < -0.39 is 10.1 Å². The molecule has 1 aromatic carbocycles. The molecule has 18 heavy (non-hydrogen) atoms. The van der Waals surface area contributed by atoms with Crippen LogP contribution in [0.3, 0.4) is 0 Å². The van der Waals surface area contributed by atoms with Gasteiger partial charge < -0.3 is 4.74 Å². The summed E-state index contributed by atoms with van der Waals surface area (Å²) in [7, 11) is -3.53. The first-order valence-electron chi connectivity index (χ1n) is 5.62. The van der Waals surface area contributed by atoms with E-state index in [0.717, 1.165) is 18.7 Å². The normalized spacial score (nSPS) is 13.7. The summed E-state index contributed by atoms with van der Waals surface area (Å²) in [5.41, 5.74) is 1.02. The molecule has 100 valence electrons. The molecule has 5 nitrogen and oxygen atoms in total. The average Bonchev–Trinajstić information content (AvgIpc) is 2.88. The van der Waals surface area contributed by atoms with Crippen LogP contribution in [0.1, 0.15) is 12.5 Å². The predicted molar refractivity (Wildman–Crippen MR) is 69.3 cm³/mol. The highest BCUT2D eigenvalue weighted by Gasteiger charge is 2.12. The highest BCUT2D eigenvalue weighted by molar-refractivity contribution is 7.86. The lowest BCUT2D eigenvalue weighted by molar-refractivity contribution is 0.338. The highest BCUT2D eigenvalue weighted by Crippen LogP contribution is 2.12. The van der Waals surface area contributed by atoms with Crippen LogP contribution < -0.4 is 0 Å². The summed E-state index contributed by atoms with van der Waals surface area (Å²) in [6.45, 7) is 5.33. The molecule has 0 aromatic heterocycles. The molecule has 0 saturated carbocycles. The van der Waals surface area contributed by atoms with E-state index in [2.05, 4.69) is 13.9 Å². The summed E-state index contributed by atoms with van der Waals surface area (Å²) in [5, 5.41) is 0. The van der Waals surface area contributed by atoms with Gasteiger partial charge in [-0.2, -0.15) is 8.42 Å². The Kier molecular flexibility index (Phi) is 5.80. The van der Waals surface area contributed by atoms with Gasteiger partial charge in [0, 0.05) is 0 Å². The van der Waals surface area contributed by atoms with E-state index in [0.29, 0.717) is 0 Å². The lowest BCUT2D eigenvalue weighted by atomic mass is 10.2. The third-order valence-electron chi connectivity index (χ3n) is 2.07. The van der Waals surface area contributed by atoms with Crippen molar-refractivity contribution in [3.63, 3.8) is 0 Å². The van der Waals surface area contributed by atoms with Crippen molar-refractivity contribution in [2.75, 3.05) is 19.8 Å². The number of nitrogens with zero attached hydrogens (tertiary/aromatic N) is 1. The van der Waals surface area contributed by atoms with Crippen molar-refractivity contribution in [3.8, 4) is 0 Å². The number of benzene rings is 1. The monoisotopic (exact) mass is 271 g/mol. The maximum absolute atomic E-state index is 11.3. The molecule has 0 unspecified atom stereocenters. The Morgan fingerprint density at radius 2 is 2.00 bits per heavy atom. The maximum Gasteiger partial charge on any atom is 0.296 e. The largest absolute Gasteiger partial charge is 0.482 e. The number of ether oxygens (including phenoxy) is 1. The van der Waals surface area contributed by atoms with Gasteiger partial charge in [-0.25, -0.2) is 0 Å². The Morgan fingerprint density at radius 3 is 2.39 bits per heavy atom. The first kappa shape index (κ1) is 14.7. The van der Waals surface area contributed by atoms with Crippen LogP contribution in [0.5, 0.6) is 0 Å². The van der Waals surface area contributed by atoms with Crippen LogP contribution in [-0.2, 0) is 19.0 Å². The van der Waals surface area contributed by atoms with Gasteiger partial charge in [0.15, 0.2) is 6.40 Å². The van der Waals surface area contributed by atoms with Crippen molar-refractivity contribution in [1.29, 1.82) is 0 Å². The fourth-order valence-corrected chi connectivity index (χ4v) is 2.11. The summed E-state index contributed by atoms with van der Waals surface area (Å²) < 4.78 is 31.9. The van der Waals surface area contributed by atoms with Gasteiger partial charge in [-0.1, -0.05) is 17.7 Å². The van der Waals surface area contributed by atoms with Crippen LogP contribution >= 0.6 is 0 Å². The zero-order chi connectivity index (χ0) is 13.4. The van der Waals surface area contributed by atoms with Crippen LogP contribution in [0.4, 0.5) is 0 Å². The van der Waals surface area contributed by atoms with Crippen molar-refractivity contribution in [3.05, 3.63) is 29.8 Å². The third-order valence-corrected chi connectivity index (χ3v) is 3.47. The summed E-state index contributed by atoms with van der Waals surface area (Å²) in [6.07, 6.45) is 1.49. The topological polar surface area (TPSA) is 65.0 Å². The summed E-state index contributed by atoms with van der Waals surface area (Å²) in [6, 6.07) is 6.57. The fraction of sp³-hybridized carbons (Fsp3) is 0.417. The van der Waals surface area contributed by atoms with E-state index in [9.17, 15) is 8.42 Å². The lowest BCUT2D eigenvalue weighted by Crippen LogP contribution is -2.05. The molecule has 0 atom stereocenters. The van der Waals surface area contributed by atoms with Gasteiger partial charge in [0.05, 0.1) is 18.0 Å². The van der Waals surface area contributed by atoms with Gasteiger partial charge in [-0.3, -0.25) is 9.18 Å². The van der Waals surface area contributed by atoms with E-state index in [1.54, 1.807) is 31.2 Å². The second kappa shape index (κ2) is 7.13. The molecule has 0 N–H and O–H groups in total. The Balaban J connectivity index is 0.000000269. The zero-order valence-corrected chi connectivity index (χ0v) is 11.3. The van der Waals surface area contributed by atoms with E-state index >= 15 is 0 Å². The predicted octanol–water partition coefficient (Wildman–Crippen LogP) is 1.77. The molecule has 1 aliphatic heterocycles. The zero-order valence-electron chi connectivity index (χ0n) is 10.5. The lowest BCUT2D eigenvalue weighted by Gasteiger charge is -2.02. The Bertz CT molecular complexity index is 473. The number of aryl methyl sites for hydroxylation is 1. The minimum atomic E-state index is -3.53. The third kappa shape index (κ3) is 4.85. The van der Waals surface area contributed by atoms with Crippen LogP contribution in [0.2, 0.25) is 0 Å². The van der Waals surface area contributed by atoms with E-state index in [1.165, 1.54) is 6.40 Å². The smallest absolute Gasteiger partial charge is 0.296 e. The van der Waals surface area contributed by atoms with Gasteiger partial charge >= 0.3 is 0 Å². The maximum atomic E-state index is 11.3. The molecule has 0 amide bonds. The van der Waals surface area contributed by atoms with E-state index in [1.807, 2.05) is 6.92 Å². The van der Waals surface area contributed by atoms with Gasteiger partial charge in [0.2, 0.25) is 0 Å². The summed E-state index contributed by atoms with van der Waals surface area (Å²) in [5.74, 6) is 0. The number of aliphatic imine (C=N–C) groups is 1. The van der Waals surface area contributed by atoms with Gasteiger partial charge in [-0.05, 0) is 26.0 Å².